The van der Waals surface area contributed by atoms with E-state index >= 15 is 0 Å². The number of ether oxygens (including phenoxy) is 1. The number of aliphatic hydroxyl groups is 1. The van der Waals surface area contributed by atoms with Crippen LogP contribution in [0.15, 0.2) is 48.5 Å². The molecule has 1 aliphatic rings. The molecular weight excluding hydrogens is 401 g/mol. The summed E-state index contributed by atoms with van der Waals surface area (Å²) in [5.41, 5.74) is 0.746. The lowest BCUT2D eigenvalue weighted by Crippen LogP contribution is -2.53. The van der Waals surface area contributed by atoms with E-state index in [1.807, 2.05) is 0 Å². The zero-order chi connectivity index (χ0) is 21.7. The fourth-order valence-corrected chi connectivity index (χ4v) is 3.10. The topological polar surface area (TPSA) is 78.9 Å². The number of amides is 2. The van der Waals surface area contributed by atoms with Gasteiger partial charge in [0.2, 0.25) is 5.91 Å². The van der Waals surface area contributed by atoms with Gasteiger partial charge in [-0.25, -0.2) is 0 Å². The van der Waals surface area contributed by atoms with Gasteiger partial charge in [-0.05, 0) is 35.4 Å². The highest BCUT2D eigenvalue weighted by molar-refractivity contribution is 5.98. The Labute approximate surface area is 171 Å². The van der Waals surface area contributed by atoms with Crippen molar-refractivity contribution in [1.82, 2.24) is 10.2 Å². The quantitative estimate of drug-likeness (QED) is 0.775. The normalized spacial score (nSPS) is 15.5. The van der Waals surface area contributed by atoms with Crippen LogP contribution in [0.2, 0.25) is 0 Å². The second-order valence-corrected chi connectivity index (χ2v) is 6.80. The molecule has 0 aromatic heterocycles. The van der Waals surface area contributed by atoms with Crippen LogP contribution >= 0.6 is 0 Å². The van der Waals surface area contributed by atoms with E-state index in [1.165, 1.54) is 29.2 Å². The first-order valence-corrected chi connectivity index (χ1v) is 9.35. The van der Waals surface area contributed by atoms with Gasteiger partial charge in [0, 0.05) is 18.7 Å². The maximum atomic E-state index is 12.7. The van der Waals surface area contributed by atoms with Crippen molar-refractivity contribution in [3.8, 4) is 11.1 Å². The Bertz CT molecular complexity index is 877. The molecule has 1 atom stereocenters. The monoisotopic (exact) mass is 422 g/mol. The number of carbonyl (C=O) groups excluding carboxylic acids is 2. The van der Waals surface area contributed by atoms with E-state index in [4.69, 9.17) is 4.74 Å². The van der Waals surface area contributed by atoms with Crippen molar-refractivity contribution in [3.05, 3.63) is 59.7 Å². The number of morpholine rings is 1. The number of nitrogens with one attached hydrogen (secondary N) is 1. The molecule has 1 aliphatic heterocycles. The number of aliphatic hydroxyl groups excluding tert-OH is 1. The van der Waals surface area contributed by atoms with Gasteiger partial charge < -0.3 is 20.1 Å². The average molecular weight is 422 g/mol. The summed E-state index contributed by atoms with van der Waals surface area (Å²) < 4.78 is 43.2. The highest BCUT2D eigenvalue weighted by Crippen LogP contribution is 2.31. The summed E-state index contributed by atoms with van der Waals surface area (Å²) in [6, 6.07) is 9.89. The van der Waals surface area contributed by atoms with E-state index < -0.39 is 30.3 Å². The molecule has 1 fully saturated rings. The molecule has 30 heavy (non-hydrogen) atoms. The van der Waals surface area contributed by atoms with Crippen LogP contribution in [0.25, 0.3) is 11.1 Å². The van der Waals surface area contributed by atoms with Gasteiger partial charge in [0.25, 0.3) is 5.91 Å². The van der Waals surface area contributed by atoms with Crippen LogP contribution in [0.5, 0.6) is 0 Å². The predicted octanol–water partition coefficient (Wildman–Crippen LogP) is 2.32. The van der Waals surface area contributed by atoms with Crippen LogP contribution in [0.1, 0.15) is 15.9 Å². The Hall–Kier alpha value is -2.91. The maximum Gasteiger partial charge on any atom is 0.416 e. The molecule has 0 unspecified atom stereocenters. The molecule has 2 aromatic carbocycles. The minimum absolute atomic E-state index is 0.263. The Morgan fingerprint density at radius 1 is 1.00 bits per heavy atom. The number of alkyl halides is 3. The number of rotatable bonds is 5. The highest BCUT2D eigenvalue weighted by atomic mass is 19.4. The smallest absolute Gasteiger partial charge is 0.394 e. The SMILES string of the molecule is O=C(N[C@@H](CO)C(=O)N1CCOCC1)c1ccc(-c2ccc(C(F)(F)F)cc2)cc1. The first-order chi connectivity index (χ1) is 14.3. The van der Waals surface area contributed by atoms with Gasteiger partial charge >= 0.3 is 6.18 Å². The molecule has 0 spiro atoms. The Balaban J connectivity index is 1.66. The van der Waals surface area contributed by atoms with Crippen molar-refractivity contribution in [2.45, 2.75) is 12.2 Å². The number of benzene rings is 2. The van der Waals surface area contributed by atoms with Crippen LogP contribution < -0.4 is 5.32 Å². The summed E-state index contributed by atoms with van der Waals surface area (Å²) in [6.45, 7) is 1.07. The summed E-state index contributed by atoms with van der Waals surface area (Å²) in [7, 11) is 0. The Morgan fingerprint density at radius 2 is 1.53 bits per heavy atom. The minimum Gasteiger partial charge on any atom is -0.394 e. The molecule has 9 heteroatoms. The summed E-state index contributed by atoms with van der Waals surface area (Å²) >= 11 is 0. The summed E-state index contributed by atoms with van der Waals surface area (Å²) in [5.74, 6) is -0.912. The maximum absolute atomic E-state index is 12.7. The Kier molecular flexibility index (Phi) is 6.73. The van der Waals surface area contributed by atoms with E-state index in [1.54, 1.807) is 12.1 Å². The second kappa shape index (κ2) is 9.27. The second-order valence-electron chi connectivity index (χ2n) is 6.80. The average Bonchev–Trinajstić information content (AvgIpc) is 2.77. The number of halogens is 3. The first kappa shape index (κ1) is 21.8. The molecule has 0 bridgehead atoms. The van der Waals surface area contributed by atoms with Gasteiger partial charge in [-0.3, -0.25) is 9.59 Å². The Morgan fingerprint density at radius 3 is 2.03 bits per heavy atom. The van der Waals surface area contributed by atoms with Crippen molar-refractivity contribution in [2.75, 3.05) is 32.9 Å². The molecule has 2 amide bonds. The first-order valence-electron chi connectivity index (χ1n) is 9.35. The zero-order valence-electron chi connectivity index (χ0n) is 16.0. The van der Waals surface area contributed by atoms with Crippen LogP contribution in [0.4, 0.5) is 13.2 Å². The van der Waals surface area contributed by atoms with Gasteiger partial charge in [0.1, 0.15) is 6.04 Å². The zero-order valence-corrected chi connectivity index (χ0v) is 16.0. The van der Waals surface area contributed by atoms with E-state index in [0.717, 1.165) is 12.1 Å². The van der Waals surface area contributed by atoms with Crippen molar-refractivity contribution < 1.29 is 32.6 Å². The van der Waals surface area contributed by atoms with Gasteiger partial charge in [0.15, 0.2) is 0 Å². The number of nitrogens with zero attached hydrogens (tertiary/aromatic N) is 1. The summed E-state index contributed by atoms with van der Waals surface area (Å²) in [5, 5.41) is 12.0. The van der Waals surface area contributed by atoms with Crippen LogP contribution in [-0.2, 0) is 15.7 Å². The van der Waals surface area contributed by atoms with Crippen LogP contribution in [-0.4, -0.2) is 60.8 Å². The molecule has 6 nitrogen and oxygen atoms in total. The molecule has 2 aromatic rings. The van der Waals surface area contributed by atoms with Gasteiger partial charge in [-0.2, -0.15) is 13.2 Å². The molecule has 3 rings (SSSR count). The molecule has 0 radical (unpaired) electrons. The molecular formula is C21H21F3N2O4. The standard InChI is InChI=1S/C21H21F3N2O4/c22-21(23,24)17-7-5-15(6-8-17)14-1-3-16(4-2-14)19(28)25-18(13-27)20(29)26-9-11-30-12-10-26/h1-8,18,27H,9-13H2,(H,25,28)/t18-/m0/s1. The van der Waals surface area contributed by atoms with Crippen molar-refractivity contribution in [2.24, 2.45) is 0 Å². The molecule has 1 saturated heterocycles. The molecule has 0 saturated carbocycles. The number of hydrogen-bond acceptors (Lipinski definition) is 4. The largest absolute Gasteiger partial charge is 0.416 e. The lowest BCUT2D eigenvalue weighted by Gasteiger charge is -2.30. The summed E-state index contributed by atoms with van der Waals surface area (Å²) in [6.07, 6.45) is -4.40. The van der Waals surface area contributed by atoms with E-state index in [-0.39, 0.29) is 11.5 Å². The van der Waals surface area contributed by atoms with Gasteiger partial charge in [0.05, 0.1) is 25.4 Å². The van der Waals surface area contributed by atoms with Crippen molar-refractivity contribution in [3.63, 3.8) is 0 Å². The van der Waals surface area contributed by atoms with Crippen LogP contribution in [0, 0.1) is 0 Å². The van der Waals surface area contributed by atoms with Crippen LogP contribution in [0.3, 0.4) is 0 Å². The number of hydrogen-bond donors (Lipinski definition) is 2. The fourth-order valence-electron chi connectivity index (χ4n) is 3.10. The van der Waals surface area contributed by atoms with Crippen molar-refractivity contribution >= 4 is 11.8 Å². The van der Waals surface area contributed by atoms with Crippen molar-refractivity contribution in [1.29, 1.82) is 0 Å². The number of carbonyl (C=O) groups is 2. The fraction of sp³-hybridized carbons (Fsp3) is 0.333. The third-order valence-electron chi connectivity index (χ3n) is 4.80. The molecule has 2 N–H and O–H groups in total. The molecule has 1 heterocycles. The van der Waals surface area contributed by atoms with E-state index in [2.05, 4.69) is 5.32 Å². The van der Waals surface area contributed by atoms with E-state index in [9.17, 15) is 27.9 Å². The lowest BCUT2D eigenvalue weighted by atomic mass is 10.0. The minimum atomic E-state index is -4.40. The highest BCUT2D eigenvalue weighted by Gasteiger charge is 2.30. The third kappa shape index (κ3) is 5.17. The van der Waals surface area contributed by atoms with E-state index in [0.29, 0.717) is 37.4 Å². The lowest BCUT2D eigenvalue weighted by molar-refractivity contribution is -0.138. The molecule has 160 valence electrons. The van der Waals surface area contributed by atoms with Gasteiger partial charge in [-0.15, -0.1) is 0 Å². The van der Waals surface area contributed by atoms with Gasteiger partial charge in [-0.1, -0.05) is 24.3 Å². The third-order valence-corrected chi connectivity index (χ3v) is 4.80. The molecule has 0 aliphatic carbocycles. The summed E-state index contributed by atoms with van der Waals surface area (Å²) in [4.78, 5) is 26.4. The predicted molar refractivity (Wildman–Crippen MR) is 103 cm³/mol.